The summed E-state index contributed by atoms with van der Waals surface area (Å²) < 4.78 is 6.68. The number of carbonyl (C=O) groups is 1. The molecular formula is C10H16N4O2. The van der Waals surface area contributed by atoms with E-state index in [1.165, 1.54) is 0 Å². The molecular weight excluding hydrogens is 208 g/mol. The van der Waals surface area contributed by atoms with E-state index in [1.807, 2.05) is 21.0 Å². The normalized spacial score (nSPS) is 15.4. The lowest BCUT2D eigenvalue weighted by molar-refractivity contribution is 0.157. The van der Waals surface area contributed by atoms with Crippen molar-refractivity contribution in [1.29, 1.82) is 0 Å². The van der Waals surface area contributed by atoms with Crippen molar-refractivity contribution < 1.29 is 9.53 Å². The molecule has 0 saturated carbocycles. The van der Waals surface area contributed by atoms with Crippen molar-refractivity contribution >= 4 is 11.9 Å². The van der Waals surface area contributed by atoms with Crippen LogP contribution in [-0.4, -0.2) is 41.0 Å². The quantitative estimate of drug-likeness (QED) is 0.822. The lowest BCUT2D eigenvalue weighted by Crippen LogP contribution is -2.24. The molecule has 0 radical (unpaired) electrons. The van der Waals surface area contributed by atoms with Crippen LogP contribution >= 0.6 is 0 Å². The second kappa shape index (κ2) is 4.03. The first-order valence-electron chi connectivity index (χ1n) is 5.25. The number of rotatable bonds is 3. The molecule has 1 saturated heterocycles. The second-order valence-electron chi connectivity index (χ2n) is 3.82. The molecule has 88 valence electrons. The summed E-state index contributed by atoms with van der Waals surface area (Å²) in [5, 5.41) is 7.42. The van der Waals surface area contributed by atoms with Crippen molar-refractivity contribution in [3.63, 3.8) is 0 Å². The van der Waals surface area contributed by atoms with Crippen molar-refractivity contribution in [2.45, 2.75) is 13.5 Å². The highest BCUT2D eigenvalue weighted by molar-refractivity contribution is 5.69. The Hall–Kier alpha value is -1.72. The SMILES string of the molecule is CNc1c(CN2CCOC2=O)c(C)nn1C. The number of nitrogens with zero attached hydrogens (tertiary/aromatic N) is 3. The number of hydrogen-bond donors (Lipinski definition) is 1. The van der Waals surface area contributed by atoms with Gasteiger partial charge in [0.15, 0.2) is 0 Å². The Morgan fingerprint density at radius 2 is 2.31 bits per heavy atom. The van der Waals surface area contributed by atoms with E-state index in [9.17, 15) is 4.79 Å². The van der Waals surface area contributed by atoms with E-state index < -0.39 is 0 Å². The fraction of sp³-hybridized carbons (Fsp3) is 0.600. The third kappa shape index (κ3) is 1.70. The van der Waals surface area contributed by atoms with Gasteiger partial charge in [-0.05, 0) is 6.92 Å². The van der Waals surface area contributed by atoms with Gasteiger partial charge in [-0.3, -0.25) is 4.68 Å². The van der Waals surface area contributed by atoms with Crippen molar-refractivity contribution in [2.24, 2.45) is 7.05 Å². The van der Waals surface area contributed by atoms with E-state index in [0.717, 1.165) is 17.1 Å². The summed E-state index contributed by atoms with van der Waals surface area (Å²) in [5.74, 6) is 0.942. The van der Waals surface area contributed by atoms with Gasteiger partial charge >= 0.3 is 6.09 Å². The molecule has 16 heavy (non-hydrogen) atoms. The van der Waals surface area contributed by atoms with Gasteiger partial charge in [0.25, 0.3) is 0 Å². The molecule has 0 unspecified atom stereocenters. The van der Waals surface area contributed by atoms with Crippen LogP contribution in [-0.2, 0) is 18.3 Å². The minimum atomic E-state index is -0.245. The Bertz CT molecular complexity index is 413. The highest BCUT2D eigenvalue weighted by atomic mass is 16.6. The van der Waals surface area contributed by atoms with E-state index in [-0.39, 0.29) is 6.09 Å². The molecule has 0 spiro atoms. The number of amides is 1. The molecule has 0 bridgehead atoms. The summed E-state index contributed by atoms with van der Waals surface area (Å²) in [6.45, 7) is 3.62. The van der Waals surface area contributed by atoms with Gasteiger partial charge in [-0.1, -0.05) is 0 Å². The predicted molar refractivity (Wildman–Crippen MR) is 59.2 cm³/mol. The average molecular weight is 224 g/mol. The second-order valence-corrected chi connectivity index (χ2v) is 3.82. The maximum atomic E-state index is 11.4. The van der Waals surface area contributed by atoms with Crippen LogP contribution in [0.15, 0.2) is 0 Å². The van der Waals surface area contributed by atoms with Crippen LogP contribution in [0.5, 0.6) is 0 Å². The molecule has 1 aromatic heterocycles. The molecule has 0 atom stereocenters. The fourth-order valence-corrected chi connectivity index (χ4v) is 1.96. The number of carbonyl (C=O) groups excluding carboxylic acids is 1. The molecule has 1 aliphatic heterocycles. The van der Waals surface area contributed by atoms with Crippen LogP contribution in [0, 0.1) is 6.92 Å². The number of hydrogen-bond acceptors (Lipinski definition) is 4. The Kier molecular flexibility index (Phi) is 2.72. The topological polar surface area (TPSA) is 59.4 Å². The molecule has 0 aromatic carbocycles. The summed E-state index contributed by atoms with van der Waals surface area (Å²) >= 11 is 0. The summed E-state index contributed by atoms with van der Waals surface area (Å²) in [7, 11) is 3.73. The average Bonchev–Trinajstić information content (AvgIpc) is 2.74. The summed E-state index contributed by atoms with van der Waals surface area (Å²) in [6.07, 6.45) is -0.245. The smallest absolute Gasteiger partial charge is 0.410 e. The van der Waals surface area contributed by atoms with Crippen LogP contribution < -0.4 is 5.32 Å². The third-order valence-corrected chi connectivity index (χ3v) is 2.78. The number of aromatic nitrogens is 2. The monoisotopic (exact) mass is 224 g/mol. The highest BCUT2D eigenvalue weighted by Gasteiger charge is 2.24. The Morgan fingerprint density at radius 1 is 1.56 bits per heavy atom. The number of anilines is 1. The van der Waals surface area contributed by atoms with Crippen molar-refractivity contribution in [1.82, 2.24) is 14.7 Å². The zero-order valence-corrected chi connectivity index (χ0v) is 9.78. The van der Waals surface area contributed by atoms with Crippen molar-refractivity contribution in [3.05, 3.63) is 11.3 Å². The molecule has 1 aromatic rings. The summed E-state index contributed by atoms with van der Waals surface area (Å²) in [6, 6.07) is 0. The first-order valence-corrected chi connectivity index (χ1v) is 5.25. The minimum Gasteiger partial charge on any atom is -0.448 e. The summed E-state index contributed by atoms with van der Waals surface area (Å²) in [5.41, 5.74) is 1.98. The maximum Gasteiger partial charge on any atom is 0.410 e. The van der Waals surface area contributed by atoms with Gasteiger partial charge in [0, 0.05) is 19.7 Å². The number of nitrogens with one attached hydrogen (secondary N) is 1. The van der Waals surface area contributed by atoms with Crippen molar-refractivity contribution in [2.75, 3.05) is 25.5 Å². The van der Waals surface area contributed by atoms with E-state index in [2.05, 4.69) is 10.4 Å². The van der Waals surface area contributed by atoms with E-state index in [1.54, 1.807) is 9.58 Å². The van der Waals surface area contributed by atoms with Crippen LogP contribution in [0.1, 0.15) is 11.3 Å². The van der Waals surface area contributed by atoms with E-state index >= 15 is 0 Å². The lowest BCUT2D eigenvalue weighted by atomic mass is 10.2. The molecule has 1 aliphatic rings. The Labute approximate surface area is 94.2 Å². The van der Waals surface area contributed by atoms with E-state index in [4.69, 9.17) is 4.74 Å². The lowest BCUT2D eigenvalue weighted by Gasteiger charge is -2.13. The van der Waals surface area contributed by atoms with Gasteiger partial charge in [-0.2, -0.15) is 5.10 Å². The van der Waals surface area contributed by atoms with Crippen LogP contribution in [0.4, 0.5) is 10.6 Å². The molecule has 1 amide bonds. The standard InChI is InChI=1S/C10H16N4O2/c1-7-8(9(11-2)13(3)12-7)6-14-4-5-16-10(14)15/h11H,4-6H2,1-3H3. The van der Waals surface area contributed by atoms with Crippen LogP contribution in [0.2, 0.25) is 0 Å². The van der Waals surface area contributed by atoms with Gasteiger partial charge in [-0.15, -0.1) is 0 Å². The maximum absolute atomic E-state index is 11.4. The molecule has 2 rings (SSSR count). The van der Waals surface area contributed by atoms with Crippen molar-refractivity contribution in [3.8, 4) is 0 Å². The number of cyclic esters (lactones) is 1. The zero-order valence-electron chi connectivity index (χ0n) is 9.78. The first kappa shape index (κ1) is 10.8. The largest absolute Gasteiger partial charge is 0.448 e. The predicted octanol–water partition coefficient (Wildman–Crippen LogP) is 0.722. The van der Waals surface area contributed by atoms with E-state index in [0.29, 0.717) is 19.7 Å². The van der Waals surface area contributed by atoms with Crippen LogP contribution in [0.25, 0.3) is 0 Å². The highest BCUT2D eigenvalue weighted by Crippen LogP contribution is 2.21. The molecule has 0 aliphatic carbocycles. The first-order chi connectivity index (χ1) is 7.63. The Morgan fingerprint density at radius 3 is 2.88 bits per heavy atom. The zero-order chi connectivity index (χ0) is 11.7. The Balaban J connectivity index is 2.23. The fourth-order valence-electron chi connectivity index (χ4n) is 1.96. The van der Waals surface area contributed by atoms with Gasteiger partial charge in [0.05, 0.1) is 18.8 Å². The molecule has 6 nitrogen and oxygen atoms in total. The van der Waals surface area contributed by atoms with Gasteiger partial charge in [0.2, 0.25) is 0 Å². The number of ether oxygens (including phenoxy) is 1. The van der Waals surface area contributed by atoms with Gasteiger partial charge in [0.1, 0.15) is 12.4 Å². The number of aryl methyl sites for hydroxylation is 2. The van der Waals surface area contributed by atoms with Gasteiger partial charge < -0.3 is 15.0 Å². The molecule has 1 fully saturated rings. The molecule has 1 N–H and O–H groups in total. The third-order valence-electron chi connectivity index (χ3n) is 2.78. The molecule has 6 heteroatoms. The molecule has 2 heterocycles. The summed E-state index contributed by atoms with van der Waals surface area (Å²) in [4.78, 5) is 13.0. The van der Waals surface area contributed by atoms with Gasteiger partial charge in [-0.25, -0.2) is 4.79 Å². The minimum absolute atomic E-state index is 0.245. The van der Waals surface area contributed by atoms with Crippen LogP contribution in [0.3, 0.4) is 0 Å².